The van der Waals surface area contributed by atoms with Crippen molar-refractivity contribution in [2.24, 2.45) is 0 Å². The molecule has 5 heteroatoms. The molecule has 1 atom stereocenters. The molecule has 1 amide bonds. The van der Waals surface area contributed by atoms with E-state index in [4.69, 9.17) is 0 Å². The minimum absolute atomic E-state index is 0.132. The van der Waals surface area contributed by atoms with Crippen LogP contribution in [0.5, 0.6) is 0 Å². The number of hydrogen-bond acceptors (Lipinski definition) is 3. The molecule has 0 spiro atoms. The zero-order valence-corrected chi connectivity index (χ0v) is 18.5. The normalized spacial score (nSPS) is 18.0. The van der Waals surface area contributed by atoms with Crippen LogP contribution in [-0.4, -0.2) is 33.2 Å². The zero-order valence-electron chi connectivity index (χ0n) is 18.5. The molecule has 0 aliphatic carbocycles. The number of amides is 1. The summed E-state index contributed by atoms with van der Waals surface area (Å²) in [4.78, 5) is 31.2. The zero-order chi connectivity index (χ0) is 22.9. The van der Waals surface area contributed by atoms with Crippen LogP contribution in [0, 0.1) is 0 Å². The van der Waals surface area contributed by atoms with E-state index >= 15 is 0 Å². The van der Waals surface area contributed by atoms with Gasteiger partial charge in [-0.3, -0.25) is 9.59 Å². The van der Waals surface area contributed by atoms with Gasteiger partial charge < -0.3 is 15.0 Å². The lowest BCUT2D eigenvalue weighted by molar-refractivity contribution is -0.139. The quantitative estimate of drug-likeness (QED) is 0.169. The van der Waals surface area contributed by atoms with Gasteiger partial charge in [0.2, 0.25) is 0 Å². The lowest BCUT2D eigenvalue weighted by Gasteiger charge is -2.25. The monoisotopic (exact) mass is 438 g/mol. The molecule has 1 aliphatic rings. The summed E-state index contributed by atoms with van der Waals surface area (Å²) in [5.74, 6) is -1.32. The fourth-order valence-electron chi connectivity index (χ4n) is 4.78. The molecule has 1 unspecified atom stereocenters. The predicted octanol–water partition coefficient (Wildman–Crippen LogP) is 5.93. The van der Waals surface area contributed by atoms with Crippen LogP contribution in [0.2, 0.25) is 0 Å². The van der Waals surface area contributed by atoms with Crippen LogP contribution >= 0.6 is 0 Å². The molecule has 0 bridgehead atoms. The molecule has 2 heterocycles. The molecule has 166 valence electrons. The Labute approximate surface area is 192 Å². The summed E-state index contributed by atoms with van der Waals surface area (Å²) in [6.07, 6.45) is 4.63. The smallest absolute Gasteiger partial charge is 0.295 e. The molecule has 1 saturated heterocycles. The van der Waals surface area contributed by atoms with Gasteiger partial charge in [-0.15, -0.1) is 0 Å². The lowest BCUT2D eigenvalue weighted by Crippen LogP contribution is -2.30. The highest BCUT2D eigenvalue weighted by Crippen LogP contribution is 2.42. The number of Topliss-reactive ketones (excluding diaryl/α,β-unsaturated/α-hetero) is 1. The number of rotatable bonds is 6. The van der Waals surface area contributed by atoms with Crippen molar-refractivity contribution in [3.63, 3.8) is 0 Å². The third-order valence-corrected chi connectivity index (χ3v) is 6.48. The number of aliphatic hydroxyl groups is 1. The number of likely N-dealkylation sites (tertiary alicyclic amines) is 1. The number of aliphatic hydroxyl groups excluding tert-OH is 1. The van der Waals surface area contributed by atoms with E-state index in [1.807, 2.05) is 66.9 Å². The number of unbranched alkanes of at least 4 members (excludes halogenated alkanes) is 2. The summed E-state index contributed by atoms with van der Waals surface area (Å²) < 4.78 is 0. The largest absolute Gasteiger partial charge is 0.507 e. The molecule has 33 heavy (non-hydrogen) atoms. The number of para-hydroxylation sites is 1. The average molecular weight is 439 g/mol. The Kier molecular flexibility index (Phi) is 5.47. The molecular weight excluding hydrogens is 412 g/mol. The second-order valence-corrected chi connectivity index (χ2v) is 8.55. The maximum atomic E-state index is 13.2. The Bertz CT molecular complexity index is 1400. The summed E-state index contributed by atoms with van der Waals surface area (Å²) >= 11 is 0. The first-order valence-corrected chi connectivity index (χ1v) is 11.4. The van der Waals surface area contributed by atoms with Crippen molar-refractivity contribution in [2.75, 3.05) is 6.54 Å². The number of nitrogens with one attached hydrogen (secondary N) is 1. The van der Waals surface area contributed by atoms with Crippen molar-refractivity contribution in [3.05, 3.63) is 89.6 Å². The highest BCUT2D eigenvalue weighted by molar-refractivity contribution is 6.46. The summed E-state index contributed by atoms with van der Waals surface area (Å²) in [5.41, 5.74) is 2.43. The van der Waals surface area contributed by atoms with Crippen LogP contribution in [-0.2, 0) is 9.59 Å². The van der Waals surface area contributed by atoms with Crippen molar-refractivity contribution in [2.45, 2.75) is 32.2 Å². The van der Waals surface area contributed by atoms with Crippen molar-refractivity contribution in [3.8, 4) is 0 Å². The summed E-state index contributed by atoms with van der Waals surface area (Å²) in [6, 6.07) is 20.6. The van der Waals surface area contributed by atoms with E-state index in [0.29, 0.717) is 12.1 Å². The Balaban J connectivity index is 1.68. The van der Waals surface area contributed by atoms with Crippen LogP contribution < -0.4 is 0 Å². The highest BCUT2D eigenvalue weighted by atomic mass is 16.3. The number of nitrogens with zero attached hydrogens (tertiary/aromatic N) is 1. The average Bonchev–Trinajstić information content (AvgIpc) is 3.37. The van der Waals surface area contributed by atoms with Crippen molar-refractivity contribution >= 4 is 39.1 Å². The first-order valence-electron chi connectivity index (χ1n) is 11.4. The number of carbonyl (C=O) groups is 2. The van der Waals surface area contributed by atoms with E-state index in [2.05, 4.69) is 11.9 Å². The first kappa shape index (κ1) is 21.0. The van der Waals surface area contributed by atoms with E-state index < -0.39 is 17.7 Å². The SMILES string of the molecule is CCCCCN1C(=O)C(=O)/C(=C(/O)c2ccc3ccccc3c2)C1c1c[nH]c2ccccc12. The molecule has 0 radical (unpaired) electrons. The van der Waals surface area contributed by atoms with Gasteiger partial charge in [-0.1, -0.05) is 74.4 Å². The molecule has 4 aromatic rings. The maximum Gasteiger partial charge on any atom is 0.295 e. The van der Waals surface area contributed by atoms with E-state index in [0.717, 1.165) is 46.5 Å². The van der Waals surface area contributed by atoms with Gasteiger partial charge >= 0.3 is 0 Å². The molecule has 5 nitrogen and oxygen atoms in total. The van der Waals surface area contributed by atoms with Gasteiger partial charge in [0, 0.05) is 34.8 Å². The number of carbonyl (C=O) groups excluding carboxylic acids is 2. The Morgan fingerprint density at radius 1 is 0.970 bits per heavy atom. The third-order valence-electron chi connectivity index (χ3n) is 6.48. The molecule has 1 aromatic heterocycles. The molecule has 1 aliphatic heterocycles. The Morgan fingerprint density at radius 3 is 2.55 bits per heavy atom. The highest BCUT2D eigenvalue weighted by Gasteiger charge is 2.46. The maximum absolute atomic E-state index is 13.2. The van der Waals surface area contributed by atoms with Crippen LogP contribution in [0.1, 0.15) is 43.4 Å². The van der Waals surface area contributed by atoms with Gasteiger partial charge in [0.05, 0.1) is 11.6 Å². The lowest BCUT2D eigenvalue weighted by atomic mass is 9.94. The molecule has 5 rings (SSSR count). The minimum atomic E-state index is -0.635. The molecule has 0 saturated carbocycles. The predicted molar refractivity (Wildman–Crippen MR) is 131 cm³/mol. The second-order valence-electron chi connectivity index (χ2n) is 8.55. The summed E-state index contributed by atoms with van der Waals surface area (Å²) in [5, 5.41) is 14.3. The second kappa shape index (κ2) is 8.58. The van der Waals surface area contributed by atoms with E-state index in [1.54, 1.807) is 11.0 Å². The van der Waals surface area contributed by atoms with Gasteiger partial charge in [-0.05, 0) is 29.3 Å². The number of fused-ring (bicyclic) bond motifs is 2. The standard InChI is InChI=1S/C28H26N2O3/c1-2-3-8-15-30-25(22-17-29-23-12-7-6-11-21(22)23)24(27(32)28(30)33)26(31)20-14-13-18-9-4-5-10-19(18)16-20/h4-7,9-14,16-17,25,29,31H,2-3,8,15H2,1H3/b26-24+. The summed E-state index contributed by atoms with van der Waals surface area (Å²) in [6.45, 7) is 2.57. The van der Waals surface area contributed by atoms with E-state index in [9.17, 15) is 14.7 Å². The van der Waals surface area contributed by atoms with Gasteiger partial charge in [-0.2, -0.15) is 0 Å². The van der Waals surface area contributed by atoms with Crippen molar-refractivity contribution in [1.29, 1.82) is 0 Å². The number of H-pyrrole nitrogens is 1. The number of hydrogen-bond donors (Lipinski definition) is 2. The van der Waals surface area contributed by atoms with E-state index in [1.165, 1.54) is 0 Å². The molecular formula is C28H26N2O3. The fourth-order valence-corrected chi connectivity index (χ4v) is 4.78. The number of ketones is 1. The van der Waals surface area contributed by atoms with E-state index in [-0.39, 0.29) is 11.3 Å². The van der Waals surface area contributed by atoms with Gasteiger partial charge in [0.15, 0.2) is 0 Å². The Hall–Kier alpha value is -3.86. The molecule has 1 fully saturated rings. The number of aromatic nitrogens is 1. The minimum Gasteiger partial charge on any atom is -0.507 e. The topological polar surface area (TPSA) is 73.4 Å². The van der Waals surface area contributed by atoms with Crippen molar-refractivity contribution < 1.29 is 14.7 Å². The first-order chi connectivity index (χ1) is 16.1. The molecule has 2 N–H and O–H groups in total. The van der Waals surface area contributed by atoms with Gasteiger partial charge in [-0.25, -0.2) is 0 Å². The van der Waals surface area contributed by atoms with Crippen LogP contribution in [0.15, 0.2) is 78.5 Å². The Morgan fingerprint density at radius 2 is 1.73 bits per heavy atom. The summed E-state index contributed by atoms with van der Waals surface area (Å²) in [7, 11) is 0. The van der Waals surface area contributed by atoms with Gasteiger partial charge in [0.25, 0.3) is 11.7 Å². The third kappa shape index (κ3) is 3.59. The van der Waals surface area contributed by atoms with Crippen LogP contribution in [0.25, 0.3) is 27.4 Å². The van der Waals surface area contributed by atoms with Crippen LogP contribution in [0.4, 0.5) is 0 Å². The molecule has 3 aromatic carbocycles. The fraction of sp³-hybridized carbons (Fsp3) is 0.214. The number of aromatic amines is 1. The number of benzene rings is 3. The van der Waals surface area contributed by atoms with Crippen LogP contribution in [0.3, 0.4) is 0 Å². The van der Waals surface area contributed by atoms with Gasteiger partial charge in [0.1, 0.15) is 5.76 Å². The van der Waals surface area contributed by atoms with Crippen molar-refractivity contribution in [1.82, 2.24) is 9.88 Å².